The number of amides is 1. The molecule has 18 heavy (non-hydrogen) atoms. The third-order valence-electron chi connectivity index (χ3n) is 2.52. The van der Waals surface area contributed by atoms with Gasteiger partial charge in [-0.2, -0.15) is 11.8 Å². The summed E-state index contributed by atoms with van der Waals surface area (Å²) in [5, 5.41) is 10.5. The number of nitrogens with zero attached hydrogens (tertiary/aromatic N) is 2. The Labute approximate surface area is 108 Å². The van der Waals surface area contributed by atoms with Crippen LogP contribution in [-0.2, 0) is 0 Å². The van der Waals surface area contributed by atoms with Gasteiger partial charge < -0.3 is 9.64 Å². The summed E-state index contributed by atoms with van der Waals surface area (Å²) in [6.45, 7) is 1.35. The zero-order chi connectivity index (χ0) is 13.0. The number of rotatable bonds is 2. The highest BCUT2D eigenvalue weighted by atomic mass is 32.2. The molecule has 2 rings (SSSR count). The third kappa shape index (κ3) is 3.13. The van der Waals surface area contributed by atoms with Crippen LogP contribution in [0, 0.1) is 10.1 Å². The summed E-state index contributed by atoms with van der Waals surface area (Å²) in [5.41, 5.74) is -0.0239. The Kier molecular flexibility index (Phi) is 4.03. The Balaban J connectivity index is 1.96. The van der Waals surface area contributed by atoms with Gasteiger partial charge in [-0.15, -0.1) is 0 Å². The van der Waals surface area contributed by atoms with Gasteiger partial charge in [0.15, 0.2) is 0 Å². The van der Waals surface area contributed by atoms with Gasteiger partial charge in [-0.3, -0.25) is 10.1 Å². The van der Waals surface area contributed by atoms with Gasteiger partial charge in [0.05, 0.1) is 4.92 Å². The van der Waals surface area contributed by atoms with Crippen LogP contribution in [0.15, 0.2) is 24.3 Å². The highest BCUT2D eigenvalue weighted by molar-refractivity contribution is 7.99. The molecule has 1 heterocycles. The standard InChI is InChI=1S/C11H12N2O4S/c14-11(12-5-7-18-8-6-12)17-10-3-1-9(2-4-10)13(15)16/h1-4H,5-8H2. The lowest BCUT2D eigenvalue weighted by Gasteiger charge is -2.25. The second kappa shape index (κ2) is 5.72. The Morgan fingerprint density at radius 1 is 1.28 bits per heavy atom. The highest BCUT2D eigenvalue weighted by Crippen LogP contribution is 2.18. The van der Waals surface area contributed by atoms with Gasteiger partial charge in [0.2, 0.25) is 0 Å². The van der Waals surface area contributed by atoms with Gasteiger partial charge in [0, 0.05) is 36.7 Å². The maximum Gasteiger partial charge on any atom is 0.415 e. The van der Waals surface area contributed by atoms with E-state index < -0.39 is 11.0 Å². The molecule has 1 amide bonds. The maximum absolute atomic E-state index is 11.7. The molecule has 7 heteroatoms. The first-order valence-electron chi connectivity index (χ1n) is 5.46. The summed E-state index contributed by atoms with van der Waals surface area (Å²) in [4.78, 5) is 23.4. The molecule has 0 unspecified atom stereocenters. The van der Waals surface area contributed by atoms with Crippen molar-refractivity contribution in [3.05, 3.63) is 34.4 Å². The molecule has 0 atom stereocenters. The number of nitro groups is 1. The van der Waals surface area contributed by atoms with Crippen LogP contribution in [0.25, 0.3) is 0 Å². The smallest absolute Gasteiger partial charge is 0.410 e. The Morgan fingerprint density at radius 2 is 1.89 bits per heavy atom. The fourth-order valence-corrected chi connectivity index (χ4v) is 2.45. The summed E-state index contributed by atoms with van der Waals surface area (Å²) < 4.78 is 5.14. The van der Waals surface area contributed by atoms with Crippen molar-refractivity contribution in [2.75, 3.05) is 24.6 Å². The quantitative estimate of drug-likeness (QED) is 0.607. The Bertz CT molecular complexity index is 443. The number of carbonyl (C=O) groups is 1. The molecule has 1 aromatic rings. The molecule has 0 radical (unpaired) electrons. The summed E-state index contributed by atoms with van der Waals surface area (Å²) in [5.74, 6) is 2.15. The number of hydrogen-bond acceptors (Lipinski definition) is 5. The van der Waals surface area contributed by atoms with Crippen molar-refractivity contribution in [2.45, 2.75) is 0 Å². The summed E-state index contributed by atoms with van der Waals surface area (Å²) in [7, 11) is 0. The fraction of sp³-hybridized carbons (Fsp3) is 0.364. The number of benzene rings is 1. The molecular weight excluding hydrogens is 256 g/mol. The second-order valence-corrected chi connectivity index (χ2v) is 4.94. The van der Waals surface area contributed by atoms with Gasteiger partial charge in [0.25, 0.3) is 5.69 Å². The van der Waals surface area contributed by atoms with Crippen LogP contribution >= 0.6 is 11.8 Å². The van der Waals surface area contributed by atoms with E-state index in [0.717, 1.165) is 11.5 Å². The molecule has 1 aliphatic heterocycles. The van der Waals surface area contributed by atoms with Gasteiger partial charge in [-0.25, -0.2) is 4.79 Å². The topological polar surface area (TPSA) is 72.7 Å². The molecule has 1 fully saturated rings. The molecule has 6 nitrogen and oxygen atoms in total. The van der Waals surface area contributed by atoms with Crippen LogP contribution in [0.1, 0.15) is 0 Å². The van der Waals surface area contributed by atoms with Crippen LogP contribution < -0.4 is 4.74 Å². The highest BCUT2D eigenvalue weighted by Gasteiger charge is 2.18. The molecule has 1 saturated heterocycles. The van der Waals surface area contributed by atoms with E-state index in [1.54, 1.807) is 16.7 Å². The van der Waals surface area contributed by atoms with Crippen molar-refractivity contribution < 1.29 is 14.5 Å². The summed E-state index contributed by atoms with van der Waals surface area (Å²) >= 11 is 1.80. The first-order chi connectivity index (χ1) is 8.66. The van der Waals surface area contributed by atoms with Crippen LogP contribution in [-0.4, -0.2) is 40.5 Å². The number of carbonyl (C=O) groups excluding carboxylic acids is 1. The number of nitro benzene ring substituents is 1. The maximum atomic E-state index is 11.7. The lowest BCUT2D eigenvalue weighted by Crippen LogP contribution is -2.39. The minimum Gasteiger partial charge on any atom is -0.410 e. The molecule has 0 saturated carbocycles. The monoisotopic (exact) mass is 268 g/mol. The van der Waals surface area contributed by atoms with Crippen molar-refractivity contribution in [1.82, 2.24) is 4.90 Å². The van der Waals surface area contributed by atoms with Crippen molar-refractivity contribution in [3.8, 4) is 5.75 Å². The van der Waals surface area contributed by atoms with E-state index in [1.807, 2.05) is 0 Å². The lowest BCUT2D eigenvalue weighted by molar-refractivity contribution is -0.384. The van der Waals surface area contributed by atoms with E-state index in [0.29, 0.717) is 18.8 Å². The number of ether oxygens (including phenoxy) is 1. The Hall–Kier alpha value is -1.76. The zero-order valence-electron chi connectivity index (χ0n) is 9.57. The molecule has 0 spiro atoms. The zero-order valence-corrected chi connectivity index (χ0v) is 10.4. The molecule has 1 aromatic carbocycles. The fourth-order valence-electron chi connectivity index (χ4n) is 1.55. The molecule has 0 N–H and O–H groups in total. The van der Waals surface area contributed by atoms with Crippen molar-refractivity contribution in [2.24, 2.45) is 0 Å². The molecule has 1 aliphatic rings. The minimum atomic E-state index is -0.493. The Morgan fingerprint density at radius 3 is 2.44 bits per heavy atom. The van der Waals surface area contributed by atoms with E-state index in [-0.39, 0.29) is 5.69 Å². The van der Waals surface area contributed by atoms with E-state index in [1.165, 1.54) is 24.3 Å². The van der Waals surface area contributed by atoms with E-state index >= 15 is 0 Å². The van der Waals surface area contributed by atoms with Crippen LogP contribution in [0.2, 0.25) is 0 Å². The molecule has 0 aliphatic carbocycles. The van der Waals surface area contributed by atoms with E-state index in [4.69, 9.17) is 4.74 Å². The van der Waals surface area contributed by atoms with Gasteiger partial charge in [0.1, 0.15) is 5.75 Å². The van der Waals surface area contributed by atoms with Crippen LogP contribution in [0.4, 0.5) is 10.5 Å². The van der Waals surface area contributed by atoms with Crippen molar-refractivity contribution >= 4 is 23.5 Å². The van der Waals surface area contributed by atoms with Gasteiger partial charge >= 0.3 is 6.09 Å². The van der Waals surface area contributed by atoms with Crippen LogP contribution in [0.5, 0.6) is 5.75 Å². The number of non-ortho nitro benzene ring substituents is 1. The predicted molar refractivity (Wildman–Crippen MR) is 68.0 cm³/mol. The van der Waals surface area contributed by atoms with E-state index in [9.17, 15) is 14.9 Å². The predicted octanol–water partition coefficient (Wildman–Crippen LogP) is 2.14. The molecule has 96 valence electrons. The number of thioether (sulfide) groups is 1. The first kappa shape index (κ1) is 12.7. The summed E-state index contributed by atoms with van der Waals surface area (Å²) in [6.07, 6.45) is -0.399. The minimum absolute atomic E-state index is 0.0239. The largest absolute Gasteiger partial charge is 0.415 e. The lowest BCUT2D eigenvalue weighted by atomic mass is 10.3. The average molecular weight is 268 g/mol. The third-order valence-corrected chi connectivity index (χ3v) is 3.46. The van der Waals surface area contributed by atoms with Crippen molar-refractivity contribution in [3.63, 3.8) is 0 Å². The molecule has 0 bridgehead atoms. The SMILES string of the molecule is O=C(Oc1ccc([N+](=O)[O-])cc1)N1CCSCC1. The second-order valence-electron chi connectivity index (χ2n) is 3.72. The van der Waals surface area contributed by atoms with Gasteiger partial charge in [-0.1, -0.05) is 0 Å². The van der Waals surface area contributed by atoms with Crippen molar-refractivity contribution in [1.29, 1.82) is 0 Å². The van der Waals surface area contributed by atoms with E-state index in [2.05, 4.69) is 0 Å². The van der Waals surface area contributed by atoms with Crippen LogP contribution in [0.3, 0.4) is 0 Å². The normalized spacial score (nSPS) is 15.2. The number of hydrogen-bond donors (Lipinski definition) is 0. The average Bonchev–Trinajstić information content (AvgIpc) is 2.40. The molecular formula is C11H12N2O4S. The molecule has 0 aromatic heterocycles. The van der Waals surface area contributed by atoms with Gasteiger partial charge in [-0.05, 0) is 12.1 Å². The first-order valence-corrected chi connectivity index (χ1v) is 6.61. The summed E-state index contributed by atoms with van der Waals surface area (Å²) in [6, 6.07) is 5.48.